The van der Waals surface area contributed by atoms with Gasteiger partial charge in [0.25, 0.3) is 0 Å². The van der Waals surface area contributed by atoms with Crippen LogP contribution in [0, 0.1) is 0 Å². The van der Waals surface area contributed by atoms with Crippen LogP contribution in [0.15, 0.2) is 0 Å². The molecule has 76 valence electrons. The van der Waals surface area contributed by atoms with Gasteiger partial charge >= 0.3 is 0 Å². The number of rotatable bonds is 1. The van der Waals surface area contributed by atoms with E-state index in [1.807, 2.05) is 11.8 Å². The Kier molecular flexibility index (Phi) is 4.88. The summed E-state index contributed by atoms with van der Waals surface area (Å²) in [6.45, 7) is 7.52. The zero-order valence-electron chi connectivity index (χ0n) is 8.38. The van der Waals surface area contributed by atoms with Crippen molar-refractivity contribution in [3.05, 3.63) is 0 Å². The Morgan fingerprint density at radius 3 is 3.08 bits per heavy atom. The standard InChI is InChI=1S/C9H18N2S2/c1-3-10-9(12)11-5-4-8(2)13-7-6-11/h8H,3-7H2,1-2H3,(H,10,12). The average Bonchev–Trinajstić information content (AvgIpc) is 2.30. The van der Waals surface area contributed by atoms with Crippen molar-refractivity contribution in [2.45, 2.75) is 25.5 Å². The lowest BCUT2D eigenvalue weighted by atomic mass is 10.3. The lowest BCUT2D eigenvalue weighted by molar-refractivity contribution is 0.435. The molecule has 0 aromatic rings. The molecule has 0 spiro atoms. The smallest absolute Gasteiger partial charge is 0.168 e. The highest BCUT2D eigenvalue weighted by atomic mass is 32.2. The van der Waals surface area contributed by atoms with Crippen molar-refractivity contribution in [2.75, 3.05) is 25.4 Å². The van der Waals surface area contributed by atoms with Gasteiger partial charge < -0.3 is 10.2 Å². The number of hydrogen-bond acceptors (Lipinski definition) is 2. The second kappa shape index (κ2) is 5.70. The van der Waals surface area contributed by atoms with Gasteiger partial charge in [-0.25, -0.2) is 0 Å². The Morgan fingerprint density at radius 2 is 2.38 bits per heavy atom. The van der Waals surface area contributed by atoms with Crippen molar-refractivity contribution in [1.82, 2.24) is 10.2 Å². The molecule has 13 heavy (non-hydrogen) atoms. The van der Waals surface area contributed by atoms with Crippen LogP contribution in [0.5, 0.6) is 0 Å². The van der Waals surface area contributed by atoms with Crippen LogP contribution < -0.4 is 5.32 Å². The first-order valence-corrected chi connectivity index (χ1v) is 6.34. The highest BCUT2D eigenvalue weighted by molar-refractivity contribution is 7.99. The third-order valence-electron chi connectivity index (χ3n) is 2.18. The van der Waals surface area contributed by atoms with E-state index >= 15 is 0 Å². The normalized spacial score (nSPS) is 23.8. The number of hydrogen-bond donors (Lipinski definition) is 1. The fourth-order valence-electron chi connectivity index (χ4n) is 1.36. The van der Waals surface area contributed by atoms with E-state index in [1.165, 1.54) is 12.2 Å². The van der Waals surface area contributed by atoms with Crippen LogP contribution in [0.2, 0.25) is 0 Å². The molecule has 1 heterocycles. The minimum atomic E-state index is 0.787. The minimum absolute atomic E-state index is 0.787. The largest absolute Gasteiger partial charge is 0.363 e. The van der Waals surface area contributed by atoms with Gasteiger partial charge in [0.15, 0.2) is 5.11 Å². The number of thiocarbonyl (C=S) groups is 1. The van der Waals surface area contributed by atoms with E-state index in [1.54, 1.807) is 0 Å². The molecular formula is C9H18N2S2. The van der Waals surface area contributed by atoms with Crippen LogP contribution in [0.1, 0.15) is 20.3 Å². The van der Waals surface area contributed by atoms with Crippen molar-refractivity contribution in [2.24, 2.45) is 0 Å². The lowest BCUT2D eigenvalue weighted by Gasteiger charge is -2.23. The Balaban J connectivity index is 2.37. The summed E-state index contributed by atoms with van der Waals surface area (Å²) in [5.74, 6) is 1.20. The summed E-state index contributed by atoms with van der Waals surface area (Å²) < 4.78 is 0. The first-order chi connectivity index (χ1) is 6.24. The molecule has 0 aliphatic carbocycles. The maximum Gasteiger partial charge on any atom is 0.168 e. The summed E-state index contributed by atoms with van der Waals surface area (Å²) in [6.07, 6.45) is 1.25. The molecular weight excluding hydrogens is 200 g/mol. The molecule has 0 bridgehead atoms. The first-order valence-electron chi connectivity index (χ1n) is 4.88. The topological polar surface area (TPSA) is 15.3 Å². The van der Waals surface area contributed by atoms with E-state index in [4.69, 9.17) is 12.2 Å². The molecule has 2 nitrogen and oxygen atoms in total. The summed E-state index contributed by atoms with van der Waals surface area (Å²) in [7, 11) is 0. The highest BCUT2D eigenvalue weighted by Crippen LogP contribution is 2.18. The molecule has 4 heteroatoms. The molecule has 1 aliphatic heterocycles. The van der Waals surface area contributed by atoms with E-state index in [-0.39, 0.29) is 0 Å². The lowest BCUT2D eigenvalue weighted by Crippen LogP contribution is -2.40. The molecule has 0 radical (unpaired) electrons. The zero-order chi connectivity index (χ0) is 9.68. The molecule has 1 aliphatic rings. The summed E-state index contributed by atoms with van der Waals surface area (Å²) in [5, 5.41) is 4.92. The fraction of sp³-hybridized carbons (Fsp3) is 0.889. The number of nitrogens with zero attached hydrogens (tertiary/aromatic N) is 1. The zero-order valence-corrected chi connectivity index (χ0v) is 10.0. The predicted molar refractivity (Wildman–Crippen MR) is 64.4 cm³/mol. The molecule has 1 fully saturated rings. The van der Waals surface area contributed by atoms with Gasteiger partial charge in [-0.15, -0.1) is 0 Å². The number of nitrogens with one attached hydrogen (secondary N) is 1. The molecule has 0 amide bonds. The van der Waals surface area contributed by atoms with Crippen LogP contribution in [0.25, 0.3) is 0 Å². The summed E-state index contributed by atoms with van der Waals surface area (Å²) >= 11 is 7.33. The van der Waals surface area contributed by atoms with Gasteiger partial charge in [0.05, 0.1) is 0 Å². The Hall–Kier alpha value is 0.0400. The fourth-order valence-corrected chi connectivity index (χ4v) is 2.69. The molecule has 1 N–H and O–H groups in total. The van der Waals surface area contributed by atoms with E-state index in [0.717, 1.165) is 30.0 Å². The quantitative estimate of drug-likeness (QED) is 0.674. The van der Waals surface area contributed by atoms with Gasteiger partial charge in [0, 0.05) is 30.6 Å². The van der Waals surface area contributed by atoms with Crippen molar-refractivity contribution in [3.8, 4) is 0 Å². The van der Waals surface area contributed by atoms with Crippen LogP contribution in [-0.2, 0) is 0 Å². The van der Waals surface area contributed by atoms with Gasteiger partial charge in [-0.05, 0) is 25.6 Å². The first kappa shape index (κ1) is 11.1. The van der Waals surface area contributed by atoms with Crippen LogP contribution >= 0.6 is 24.0 Å². The molecule has 1 atom stereocenters. The highest BCUT2D eigenvalue weighted by Gasteiger charge is 2.15. The Bertz CT molecular complexity index is 173. The summed E-state index contributed by atoms with van der Waals surface area (Å²) in [4.78, 5) is 2.29. The molecule has 1 unspecified atom stereocenters. The van der Waals surface area contributed by atoms with E-state index in [0.29, 0.717) is 0 Å². The second-order valence-electron chi connectivity index (χ2n) is 3.29. The maximum absolute atomic E-state index is 5.28. The molecule has 1 saturated heterocycles. The molecule has 0 aromatic carbocycles. The number of thioether (sulfide) groups is 1. The van der Waals surface area contributed by atoms with Crippen molar-refractivity contribution < 1.29 is 0 Å². The van der Waals surface area contributed by atoms with Crippen molar-refractivity contribution in [1.29, 1.82) is 0 Å². The minimum Gasteiger partial charge on any atom is -0.363 e. The van der Waals surface area contributed by atoms with Crippen LogP contribution in [0.4, 0.5) is 0 Å². The van der Waals surface area contributed by atoms with E-state index in [2.05, 4.69) is 24.1 Å². The molecule has 0 aromatic heterocycles. The van der Waals surface area contributed by atoms with Crippen LogP contribution in [-0.4, -0.2) is 40.6 Å². The van der Waals surface area contributed by atoms with Gasteiger partial charge in [-0.1, -0.05) is 6.92 Å². The Morgan fingerprint density at radius 1 is 1.62 bits per heavy atom. The summed E-state index contributed by atoms with van der Waals surface area (Å²) in [5.41, 5.74) is 0. The van der Waals surface area contributed by atoms with Crippen molar-refractivity contribution >= 4 is 29.1 Å². The van der Waals surface area contributed by atoms with E-state index < -0.39 is 0 Å². The van der Waals surface area contributed by atoms with Gasteiger partial charge in [-0.3, -0.25) is 0 Å². The van der Waals surface area contributed by atoms with Crippen LogP contribution in [0.3, 0.4) is 0 Å². The second-order valence-corrected chi connectivity index (χ2v) is 5.23. The van der Waals surface area contributed by atoms with Gasteiger partial charge in [0.1, 0.15) is 0 Å². The molecule has 1 rings (SSSR count). The van der Waals surface area contributed by atoms with Gasteiger partial charge in [-0.2, -0.15) is 11.8 Å². The third-order valence-corrected chi connectivity index (χ3v) is 3.81. The Labute approximate surface area is 90.4 Å². The average molecular weight is 218 g/mol. The third kappa shape index (κ3) is 3.73. The van der Waals surface area contributed by atoms with Crippen molar-refractivity contribution in [3.63, 3.8) is 0 Å². The summed E-state index contributed by atoms with van der Waals surface area (Å²) in [6, 6.07) is 0. The SMILES string of the molecule is CCNC(=S)N1CCSC(C)CC1. The maximum atomic E-state index is 5.28. The van der Waals surface area contributed by atoms with Gasteiger partial charge in [0.2, 0.25) is 0 Å². The van der Waals surface area contributed by atoms with E-state index in [9.17, 15) is 0 Å². The molecule has 0 saturated carbocycles. The monoisotopic (exact) mass is 218 g/mol. The predicted octanol–water partition coefficient (Wildman–Crippen LogP) is 1.71.